The monoisotopic (exact) mass is 1050 g/mol. The number of hydrogen-bond donors (Lipinski definition) is 0. The average molecular weight is 1050 g/mol. The summed E-state index contributed by atoms with van der Waals surface area (Å²) in [6.45, 7) is 6.62. The van der Waals surface area contributed by atoms with Gasteiger partial charge in [0.2, 0.25) is 0 Å². The largest absolute Gasteiger partial charge is 0.462 e. The Morgan fingerprint density at radius 3 is 0.747 bits per heavy atom. The topological polar surface area (TPSA) is 78.9 Å². The molecule has 0 aromatic carbocycles. The number of carbonyl (C=O) groups excluding carboxylic acids is 3. The van der Waals surface area contributed by atoms with Gasteiger partial charge < -0.3 is 14.2 Å². The average Bonchev–Trinajstić information content (AvgIpc) is 3.41. The van der Waals surface area contributed by atoms with Crippen LogP contribution in [0.1, 0.15) is 355 Å². The highest BCUT2D eigenvalue weighted by atomic mass is 16.6. The van der Waals surface area contributed by atoms with Gasteiger partial charge in [0.15, 0.2) is 6.10 Å². The molecule has 0 saturated heterocycles. The highest BCUT2D eigenvalue weighted by Crippen LogP contribution is 2.17. The molecule has 0 aromatic heterocycles. The van der Waals surface area contributed by atoms with E-state index in [4.69, 9.17) is 14.2 Å². The van der Waals surface area contributed by atoms with Crippen LogP contribution in [0.15, 0.2) is 48.6 Å². The molecule has 75 heavy (non-hydrogen) atoms. The molecule has 0 radical (unpaired) electrons. The SMILES string of the molecule is CCCCCC/C=C\C/C=C\CCCCCCCCCC(=O)OC(COC(=O)CCCCCCCCCC)COC(=O)CCCCCCCCCCCCCCCCCCCCC/C=C\C/C=C\CCCCCCC. The second kappa shape index (κ2) is 63.9. The first-order chi connectivity index (χ1) is 37.0. The van der Waals surface area contributed by atoms with E-state index in [1.807, 2.05) is 0 Å². The molecule has 0 spiro atoms. The highest BCUT2D eigenvalue weighted by Gasteiger charge is 2.19. The third-order valence-electron chi connectivity index (χ3n) is 14.8. The van der Waals surface area contributed by atoms with Crippen LogP contribution in [-0.4, -0.2) is 37.2 Å². The van der Waals surface area contributed by atoms with Crippen molar-refractivity contribution in [3.05, 3.63) is 48.6 Å². The summed E-state index contributed by atoms with van der Waals surface area (Å²) in [4.78, 5) is 38.1. The maximum Gasteiger partial charge on any atom is 0.306 e. The Balaban J connectivity index is 4.05. The van der Waals surface area contributed by atoms with Gasteiger partial charge in [0.25, 0.3) is 0 Å². The van der Waals surface area contributed by atoms with E-state index >= 15 is 0 Å². The minimum atomic E-state index is -0.773. The Morgan fingerprint density at radius 1 is 0.267 bits per heavy atom. The Kier molecular flexibility index (Phi) is 61.7. The van der Waals surface area contributed by atoms with Gasteiger partial charge in [0, 0.05) is 19.3 Å². The van der Waals surface area contributed by atoms with E-state index in [0.717, 1.165) is 77.0 Å². The van der Waals surface area contributed by atoms with E-state index in [-0.39, 0.29) is 31.1 Å². The molecule has 0 aliphatic carbocycles. The number of esters is 3. The van der Waals surface area contributed by atoms with Crippen LogP contribution in [0.25, 0.3) is 0 Å². The van der Waals surface area contributed by atoms with Crippen molar-refractivity contribution in [1.82, 2.24) is 0 Å². The summed E-state index contributed by atoms with van der Waals surface area (Å²) >= 11 is 0. The van der Waals surface area contributed by atoms with Gasteiger partial charge in [-0.05, 0) is 83.5 Å². The van der Waals surface area contributed by atoms with Crippen LogP contribution in [0.3, 0.4) is 0 Å². The van der Waals surface area contributed by atoms with Crippen LogP contribution in [0.4, 0.5) is 0 Å². The van der Waals surface area contributed by atoms with Crippen LogP contribution in [0.2, 0.25) is 0 Å². The van der Waals surface area contributed by atoms with Crippen LogP contribution < -0.4 is 0 Å². The Hall–Kier alpha value is -2.63. The zero-order valence-corrected chi connectivity index (χ0v) is 50.3. The molecule has 1 unspecified atom stereocenters. The van der Waals surface area contributed by atoms with Crippen molar-refractivity contribution in [2.24, 2.45) is 0 Å². The van der Waals surface area contributed by atoms with E-state index < -0.39 is 6.10 Å². The minimum Gasteiger partial charge on any atom is -0.462 e. The third-order valence-corrected chi connectivity index (χ3v) is 14.8. The van der Waals surface area contributed by atoms with Crippen LogP contribution in [0, 0.1) is 0 Å². The number of ether oxygens (including phenoxy) is 3. The van der Waals surface area contributed by atoms with E-state index in [0.29, 0.717) is 19.3 Å². The van der Waals surface area contributed by atoms with Gasteiger partial charge in [-0.3, -0.25) is 14.4 Å². The summed E-state index contributed by atoms with van der Waals surface area (Å²) in [6.07, 6.45) is 80.1. The molecule has 0 amide bonds. The van der Waals surface area contributed by atoms with Crippen LogP contribution in [0.5, 0.6) is 0 Å². The summed E-state index contributed by atoms with van der Waals surface area (Å²) in [6, 6.07) is 0. The highest BCUT2D eigenvalue weighted by molar-refractivity contribution is 5.71. The fraction of sp³-hybridized carbons (Fsp3) is 0.841. The molecule has 438 valence electrons. The van der Waals surface area contributed by atoms with Gasteiger partial charge in [-0.15, -0.1) is 0 Å². The number of rotatable bonds is 61. The zero-order valence-electron chi connectivity index (χ0n) is 50.3. The Morgan fingerprint density at radius 2 is 0.480 bits per heavy atom. The zero-order chi connectivity index (χ0) is 54.3. The summed E-state index contributed by atoms with van der Waals surface area (Å²) in [7, 11) is 0. The van der Waals surface area contributed by atoms with Crippen molar-refractivity contribution in [2.75, 3.05) is 13.2 Å². The first-order valence-electron chi connectivity index (χ1n) is 33.1. The molecule has 0 fully saturated rings. The summed E-state index contributed by atoms with van der Waals surface area (Å²) < 4.78 is 16.9. The molecule has 0 bridgehead atoms. The quantitative estimate of drug-likeness (QED) is 0.0261. The molecule has 0 saturated carbocycles. The van der Waals surface area contributed by atoms with Gasteiger partial charge >= 0.3 is 17.9 Å². The Bertz CT molecular complexity index is 1300. The predicted molar refractivity (Wildman–Crippen MR) is 325 cm³/mol. The lowest BCUT2D eigenvalue weighted by atomic mass is 10.0. The predicted octanol–water partition coefficient (Wildman–Crippen LogP) is 22.6. The van der Waals surface area contributed by atoms with Gasteiger partial charge in [-0.2, -0.15) is 0 Å². The molecule has 0 aliphatic heterocycles. The van der Waals surface area contributed by atoms with Crippen molar-refractivity contribution < 1.29 is 28.6 Å². The van der Waals surface area contributed by atoms with E-state index in [1.54, 1.807) is 0 Å². The summed E-state index contributed by atoms with van der Waals surface area (Å²) in [5.74, 6) is -0.865. The number of hydrogen-bond acceptors (Lipinski definition) is 6. The fourth-order valence-corrected chi connectivity index (χ4v) is 9.80. The molecule has 0 heterocycles. The molecule has 0 aromatic rings. The van der Waals surface area contributed by atoms with Crippen molar-refractivity contribution in [2.45, 2.75) is 361 Å². The van der Waals surface area contributed by atoms with Gasteiger partial charge in [-0.25, -0.2) is 0 Å². The molecule has 0 rings (SSSR count). The Labute approximate surface area is 467 Å². The molecule has 6 heteroatoms. The third kappa shape index (κ3) is 62.1. The van der Waals surface area contributed by atoms with Crippen molar-refractivity contribution in [3.8, 4) is 0 Å². The smallest absolute Gasteiger partial charge is 0.306 e. The lowest BCUT2D eigenvalue weighted by Crippen LogP contribution is -2.30. The van der Waals surface area contributed by atoms with E-state index in [1.165, 1.54) is 238 Å². The molecular weight excluding hydrogens is 925 g/mol. The summed E-state index contributed by atoms with van der Waals surface area (Å²) in [5, 5.41) is 0. The molecule has 0 N–H and O–H groups in total. The lowest BCUT2D eigenvalue weighted by Gasteiger charge is -2.18. The molecule has 1 atom stereocenters. The number of unbranched alkanes of at least 4 members (excludes halogenated alkanes) is 42. The first kappa shape index (κ1) is 72.4. The first-order valence-corrected chi connectivity index (χ1v) is 33.1. The van der Waals surface area contributed by atoms with Crippen LogP contribution >= 0.6 is 0 Å². The minimum absolute atomic E-state index is 0.0720. The number of carbonyl (C=O) groups is 3. The van der Waals surface area contributed by atoms with Crippen molar-refractivity contribution in [1.29, 1.82) is 0 Å². The number of allylic oxidation sites excluding steroid dienone is 8. The van der Waals surface area contributed by atoms with Gasteiger partial charge in [0.05, 0.1) is 0 Å². The molecule has 6 nitrogen and oxygen atoms in total. The summed E-state index contributed by atoms with van der Waals surface area (Å²) in [5.41, 5.74) is 0. The fourth-order valence-electron chi connectivity index (χ4n) is 9.80. The van der Waals surface area contributed by atoms with E-state index in [2.05, 4.69) is 69.4 Å². The van der Waals surface area contributed by atoms with E-state index in [9.17, 15) is 14.4 Å². The van der Waals surface area contributed by atoms with Crippen molar-refractivity contribution in [3.63, 3.8) is 0 Å². The molecular formula is C69H126O6. The van der Waals surface area contributed by atoms with Crippen LogP contribution in [-0.2, 0) is 28.6 Å². The van der Waals surface area contributed by atoms with Gasteiger partial charge in [0.1, 0.15) is 13.2 Å². The maximum absolute atomic E-state index is 12.9. The van der Waals surface area contributed by atoms with Gasteiger partial charge in [-0.1, -0.05) is 301 Å². The van der Waals surface area contributed by atoms with Crippen molar-refractivity contribution >= 4 is 17.9 Å². The second-order valence-electron chi connectivity index (χ2n) is 22.4. The lowest BCUT2D eigenvalue weighted by molar-refractivity contribution is -0.167. The second-order valence-corrected chi connectivity index (χ2v) is 22.4. The standard InChI is InChI=1S/C69H126O6/c1-4-7-10-13-16-19-21-23-25-27-29-30-31-32-33-34-35-36-37-38-39-40-41-43-44-46-48-50-53-56-59-62-68(71)74-65-66(64-73-67(70)61-58-55-52-18-15-12-9-6-3)75-69(72)63-60-57-54-51-49-47-45-42-28-26-24-22-20-17-14-11-8-5-2/h20-23,26-29,66H,4-19,24-25,30-65H2,1-3H3/b22-20-,23-21-,28-26-,29-27-. The normalized spacial score (nSPS) is 12.3. The molecule has 0 aliphatic rings. The maximum atomic E-state index is 12.9.